The first-order chi connectivity index (χ1) is 7.35. The fraction of sp³-hybridized carbons (Fsp3) is 0.583. The second-order valence-corrected chi connectivity index (χ2v) is 4.11. The second kappa shape index (κ2) is 4.62. The predicted molar refractivity (Wildman–Crippen MR) is 60.8 cm³/mol. The lowest BCUT2D eigenvalue weighted by molar-refractivity contribution is 0.281. The molecule has 3 nitrogen and oxygen atoms in total. The van der Waals surface area contributed by atoms with Crippen LogP contribution in [0, 0.1) is 0 Å². The second-order valence-electron chi connectivity index (χ2n) is 4.11. The van der Waals surface area contributed by atoms with Crippen molar-refractivity contribution in [2.75, 3.05) is 11.4 Å². The normalized spacial score (nSPS) is 15.3. The van der Waals surface area contributed by atoms with Crippen molar-refractivity contribution in [3.8, 4) is 0 Å². The Bertz CT molecular complexity index is 306. The Morgan fingerprint density at radius 3 is 2.73 bits per heavy atom. The smallest absolute Gasteiger partial charge is 0.128 e. The van der Waals surface area contributed by atoms with Crippen LogP contribution in [-0.4, -0.2) is 22.7 Å². The number of aliphatic hydroxyl groups is 1. The fourth-order valence-electron chi connectivity index (χ4n) is 1.79. The zero-order valence-corrected chi connectivity index (χ0v) is 9.19. The van der Waals surface area contributed by atoms with Crippen LogP contribution in [0.25, 0.3) is 0 Å². The molecule has 0 saturated heterocycles. The molecule has 1 saturated carbocycles. The van der Waals surface area contributed by atoms with E-state index in [1.807, 2.05) is 12.1 Å². The summed E-state index contributed by atoms with van der Waals surface area (Å²) in [6, 6.07) is 4.67. The lowest BCUT2D eigenvalue weighted by Gasteiger charge is -2.22. The highest BCUT2D eigenvalue weighted by Gasteiger charge is 2.29. The quantitative estimate of drug-likeness (QED) is 0.800. The largest absolute Gasteiger partial charge is 0.392 e. The minimum absolute atomic E-state index is 0.0739. The first-order valence-electron chi connectivity index (χ1n) is 5.67. The van der Waals surface area contributed by atoms with Gasteiger partial charge in [-0.2, -0.15) is 0 Å². The Kier molecular flexibility index (Phi) is 3.21. The van der Waals surface area contributed by atoms with Crippen LogP contribution < -0.4 is 4.90 Å². The van der Waals surface area contributed by atoms with Gasteiger partial charge >= 0.3 is 0 Å². The molecule has 0 spiro atoms. The van der Waals surface area contributed by atoms with Gasteiger partial charge in [0, 0.05) is 18.8 Å². The number of hydrogen-bond acceptors (Lipinski definition) is 3. The Morgan fingerprint density at radius 2 is 2.27 bits per heavy atom. The van der Waals surface area contributed by atoms with E-state index in [1.165, 1.54) is 12.8 Å². The lowest BCUT2D eigenvalue weighted by Crippen LogP contribution is -2.27. The van der Waals surface area contributed by atoms with Gasteiger partial charge in [0.1, 0.15) is 5.82 Å². The molecule has 15 heavy (non-hydrogen) atoms. The number of hydrogen-bond donors (Lipinski definition) is 1. The summed E-state index contributed by atoms with van der Waals surface area (Å²) in [7, 11) is 0. The molecule has 1 aliphatic carbocycles. The SMILES string of the molecule is CCCN(c1ccc(CO)cn1)C1CC1. The first-order valence-corrected chi connectivity index (χ1v) is 5.67. The molecule has 1 aliphatic rings. The van der Waals surface area contributed by atoms with Gasteiger partial charge < -0.3 is 10.0 Å². The van der Waals surface area contributed by atoms with Crippen molar-refractivity contribution < 1.29 is 5.11 Å². The third-order valence-corrected chi connectivity index (χ3v) is 2.74. The molecule has 1 N–H and O–H groups in total. The van der Waals surface area contributed by atoms with Gasteiger partial charge in [0.25, 0.3) is 0 Å². The molecule has 0 unspecified atom stereocenters. The first kappa shape index (κ1) is 10.4. The maximum absolute atomic E-state index is 8.94. The maximum Gasteiger partial charge on any atom is 0.128 e. The van der Waals surface area contributed by atoms with Gasteiger partial charge in [-0.25, -0.2) is 4.98 Å². The molecule has 0 aromatic carbocycles. The number of pyridine rings is 1. The van der Waals surface area contributed by atoms with Gasteiger partial charge in [-0.15, -0.1) is 0 Å². The summed E-state index contributed by atoms with van der Waals surface area (Å²) in [5, 5.41) is 8.94. The van der Waals surface area contributed by atoms with E-state index < -0.39 is 0 Å². The van der Waals surface area contributed by atoms with Crippen molar-refractivity contribution in [1.29, 1.82) is 0 Å². The Morgan fingerprint density at radius 1 is 1.47 bits per heavy atom. The van der Waals surface area contributed by atoms with Crippen molar-refractivity contribution in [3.63, 3.8) is 0 Å². The fourth-order valence-corrected chi connectivity index (χ4v) is 1.79. The summed E-state index contributed by atoms with van der Waals surface area (Å²) >= 11 is 0. The van der Waals surface area contributed by atoms with Crippen molar-refractivity contribution in [1.82, 2.24) is 4.98 Å². The predicted octanol–water partition coefficient (Wildman–Crippen LogP) is 1.95. The van der Waals surface area contributed by atoms with E-state index in [0.29, 0.717) is 6.04 Å². The third kappa shape index (κ3) is 2.48. The van der Waals surface area contributed by atoms with Crippen molar-refractivity contribution in [2.45, 2.75) is 38.8 Å². The average Bonchev–Trinajstić information content (AvgIpc) is 3.10. The lowest BCUT2D eigenvalue weighted by atomic mass is 10.3. The average molecular weight is 206 g/mol. The molecule has 1 aromatic heterocycles. The summed E-state index contributed by atoms with van der Waals surface area (Å²) in [5.74, 6) is 1.05. The molecule has 1 aromatic rings. The van der Waals surface area contributed by atoms with Crippen molar-refractivity contribution >= 4 is 5.82 Å². The molecule has 0 atom stereocenters. The molecular weight excluding hydrogens is 188 g/mol. The Hall–Kier alpha value is -1.09. The number of anilines is 1. The van der Waals surface area contributed by atoms with Crippen LogP contribution in [0.5, 0.6) is 0 Å². The van der Waals surface area contributed by atoms with Gasteiger partial charge in [0.2, 0.25) is 0 Å². The molecule has 82 valence electrons. The number of rotatable bonds is 5. The van der Waals surface area contributed by atoms with Gasteiger partial charge in [-0.05, 0) is 30.9 Å². The third-order valence-electron chi connectivity index (χ3n) is 2.74. The molecule has 1 fully saturated rings. The van der Waals surface area contributed by atoms with Crippen LogP contribution >= 0.6 is 0 Å². The van der Waals surface area contributed by atoms with E-state index >= 15 is 0 Å². The molecule has 0 radical (unpaired) electrons. The van der Waals surface area contributed by atoms with E-state index in [1.54, 1.807) is 6.20 Å². The van der Waals surface area contributed by atoms with E-state index in [0.717, 1.165) is 24.3 Å². The maximum atomic E-state index is 8.94. The monoisotopic (exact) mass is 206 g/mol. The summed E-state index contributed by atoms with van der Waals surface area (Å²) in [5.41, 5.74) is 0.881. The highest BCUT2D eigenvalue weighted by atomic mass is 16.3. The number of aromatic nitrogens is 1. The Labute approximate surface area is 90.8 Å². The molecule has 3 heteroatoms. The summed E-state index contributed by atoms with van der Waals surface area (Å²) < 4.78 is 0. The minimum atomic E-state index is 0.0739. The highest BCUT2D eigenvalue weighted by molar-refractivity contribution is 5.42. The summed E-state index contributed by atoms with van der Waals surface area (Å²) in [6.45, 7) is 3.35. The van der Waals surface area contributed by atoms with E-state index in [2.05, 4.69) is 16.8 Å². The van der Waals surface area contributed by atoms with E-state index in [-0.39, 0.29) is 6.61 Å². The van der Waals surface area contributed by atoms with Crippen molar-refractivity contribution in [3.05, 3.63) is 23.9 Å². The van der Waals surface area contributed by atoms with Crippen LogP contribution in [0.2, 0.25) is 0 Å². The van der Waals surface area contributed by atoms with Crippen LogP contribution in [0.15, 0.2) is 18.3 Å². The number of nitrogens with zero attached hydrogens (tertiary/aromatic N) is 2. The van der Waals surface area contributed by atoms with Crippen molar-refractivity contribution in [2.24, 2.45) is 0 Å². The summed E-state index contributed by atoms with van der Waals surface area (Å²) in [4.78, 5) is 6.77. The standard InChI is InChI=1S/C12H18N2O/c1-2-7-14(11-4-5-11)12-6-3-10(9-15)8-13-12/h3,6,8,11,15H,2,4-5,7,9H2,1H3. The van der Waals surface area contributed by atoms with Crippen LogP contribution in [0.3, 0.4) is 0 Å². The zero-order chi connectivity index (χ0) is 10.7. The summed E-state index contributed by atoms with van der Waals surface area (Å²) in [6.07, 6.45) is 5.51. The Balaban J connectivity index is 2.10. The van der Waals surface area contributed by atoms with E-state index in [4.69, 9.17) is 5.11 Å². The molecule has 0 bridgehead atoms. The van der Waals surface area contributed by atoms with Crippen LogP contribution in [-0.2, 0) is 6.61 Å². The molecule has 1 heterocycles. The van der Waals surface area contributed by atoms with Crippen LogP contribution in [0.1, 0.15) is 31.7 Å². The van der Waals surface area contributed by atoms with Crippen LogP contribution in [0.4, 0.5) is 5.82 Å². The van der Waals surface area contributed by atoms with Gasteiger partial charge in [0.05, 0.1) is 6.61 Å². The van der Waals surface area contributed by atoms with Gasteiger partial charge in [-0.1, -0.05) is 13.0 Å². The van der Waals surface area contributed by atoms with Gasteiger partial charge in [-0.3, -0.25) is 0 Å². The minimum Gasteiger partial charge on any atom is -0.392 e. The molecule has 2 rings (SSSR count). The molecule has 0 aliphatic heterocycles. The zero-order valence-electron chi connectivity index (χ0n) is 9.19. The highest BCUT2D eigenvalue weighted by Crippen LogP contribution is 2.30. The molecule has 0 amide bonds. The van der Waals surface area contributed by atoms with Gasteiger partial charge in [0.15, 0.2) is 0 Å². The topological polar surface area (TPSA) is 36.4 Å². The molecular formula is C12H18N2O. The van der Waals surface area contributed by atoms with E-state index in [9.17, 15) is 0 Å². The number of aliphatic hydroxyl groups excluding tert-OH is 1.